The summed E-state index contributed by atoms with van der Waals surface area (Å²) in [6.45, 7) is 4.83. The van der Waals surface area contributed by atoms with Crippen LogP contribution in [-0.4, -0.2) is 14.5 Å². The van der Waals surface area contributed by atoms with Crippen molar-refractivity contribution in [1.29, 1.82) is 0 Å². The first-order valence-electron chi connectivity index (χ1n) is 23.3. The molecule has 0 aliphatic heterocycles. The molecule has 318 valence electrons. The molecule has 0 amide bonds. The Balaban J connectivity index is 1.07. The van der Waals surface area contributed by atoms with E-state index in [1.54, 1.807) is 0 Å². The van der Waals surface area contributed by atoms with Gasteiger partial charge in [-0.05, 0) is 142 Å². The molecular formula is C65H43N3. The Labute approximate surface area is 393 Å². The largest absolute Gasteiger partial charge is 0.308 e. The minimum absolute atomic E-state index is 0.706. The number of allylic oxidation sites excluding steroid dienone is 5. The third-order valence-electron chi connectivity index (χ3n) is 13.9. The molecule has 0 fully saturated rings. The number of hydrogen-bond donors (Lipinski definition) is 0. The molecule has 0 spiro atoms. The minimum atomic E-state index is 0.706. The molecule has 0 saturated heterocycles. The summed E-state index contributed by atoms with van der Waals surface area (Å²) >= 11 is 0. The molecule has 68 heavy (non-hydrogen) atoms. The first-order chi connectivity index (χ1) is 33.6. The van der Waals surface area contributed by atoms with Crippen molar-refractivity contribution in [2.24, 2.45) is 0 Å². The van der Waals surface area contributed by atoms with Crippen molar-refractivity contribution in [3.63, 3.8) is 0 Å². The number of benzene rings is 9. The lowest BCUT2D eigenvalue weighted by Gasteiger charge is -2.16. The monoisotopic (exact) mass is 865 g/mol. The molecule has 3 aromatic heterocycles. The highest BCUT2D eigenvalue weighted by atomic mass is 15.0. The molecule has 0 saturated carbocycles. The second-order valence-corrected chi connectivity index (χ2v) is 17.8. The topological polar surface area (TPSA) is 30.7 Å². The fourth-order valence-corrected chi connectivity index (χ4v) is 10.7. The van der Waals surface area contributed by atoms with Crippen LogP contribution in [0.25, 0.3) is 98.6 Å². The van der Waals surface area contributed by atoms with Crippen molar-refractivity contribution in [3.05, 3.63) is 276 Å². The van der Waals surface area contributed by atoms with Gasteiger partial charge in [0.1, 0.15) is 0 Å². The van der Waals surface area contributed by atoms with Gasteiger partial charge in [0, 0.05) is 40.3 Å². The molecule has 1 aliphatic rings. The standard InChI is InChI=1S/C65H43N3/c1-42-24-25-45(30-32-54(50-28-26-43-13-2-4-15-46(43)37-50)56-21-9-11-23-58(56)63(42)51-29-27-44-14-3-5-16-47(44)38-51)48-31-33-60-59(39-48)64-61(34-36-67-65(64)52-18-12-35-66-41-52)68(60)62-40-49-17-6-7-19-53(49)55-20-8-10-22-57(55)62/h2-31,33-41H,1,32H2/b25-24-,45-30+,56-54+,63-58+. The molecule has 0 atom stereocenters. The van der Waals surface area contributed by atoms with E-state index >= 15 is 0 Å². The van der Waals surface area contributed by atoms with E-state index in [1.165, 1.54) is 64.7 Å². The minimum Gasteiger partial charge on any atom is -0.308 e. The van der Waals surface area contributed by atoms with E-state index < -0.39 is 0 Å². The second kappa shape index (κ2) is 16.2. The van der Waals surface area contributed by atoms with Crippen LogP contribution in [0.15, 0.2) is 249 Å². The third kappa shape index (κ3) is 6.59. The molecule has 3 heteroatoms. The van der Waals surface area contributed by atoms with Gasteiger partial charge in [-0.1, -0.05) is 176 Å². The number of aromatic nitrogens is 3. The van der Waals surface area contributed by atoms with Crippen LogP contribution >= 0.6 is 0 Å². The smallest absolute Gasteiger partial charge is 0.0817 e. The summed E-state index contributed by atoms with van der Waals surface area (Å²) < 4.78 is 2.44. The second-order valence-electron chi connectivity index (χ2n) is 17.8. The van der Waals surface area contributed by atoms with Crippen LogP contribution in [-0.2, 0) is 0 Å². The fraction of sp³-hybridized carbons (Fsp3) is 0.0154. The summed E-state index contributed by atoms with van der Waals surface area (Å²) in [5.41, 5.74) is 13.1. The van der Waals surface area contributed by atoms with Crippen molar-refractivity contribution in [2.75, 3.05) is 0 Å². The first-order valence-corrected chi connectivity index (χ1v) is 23.3. The molecule has 9 aromatic carbocycles. The Morgan fingerprint density at radius 2 is 1.10 bits per heavy atom. The summed E-state index contributed by atoms with van der Waals surface area (Å²) in [6.07, 6.45) is 13.3. The van der Waals surface area contributed by atoms with Crippen LogP contribution in [0.1, 0.15) is 23.1 Å². The summed E-state index contributed by atoms with van der Waals surface area (Å²) in [6, 6.07) is 72.9. The van der Waals surface area contributed by atoms with Gasteiger partial charge >= 0.3 is 0 Å². The van der Waals surface area contributed by atoms with E-state index in [0.29, 0.717) is 6.42 Å². The normalized spacial score (nSPS) is 16.1. The maximum Gasteiger partial charge on any atom is 0.0817 e. The molecule has 13 rings (SSSR count). The van der Waals surface area contributed by atoms with Gasteiger partial charge in [0.25, 0.3) is 0 Å². The lowest BCUT2D eigenvalue weighted by molar-refractivity contribution is 1.19. The number of rotatable bonds is 5. The third-order valence-corrected chi connectivity index (χ3v) is 13.9. The Morgan fingerprint density at radius 1 is 0.441 bits per heavy atom. The Kier molecular flexibility index (Phi) is 9.40. The molecule has 3 heterocycles. The number of fused-ring (bicyclic) bond motifs is 9. The van der Waals surface area contributed by atoms with Gasteiger partial charge in [-0.25, -0.2) is 0 Å². The zero-order valence-corrected chi connectivity index (χ0v) is 37.3. The highest BCUT2D eigenvalue weighted by molar-refractivity contribution is 6.18. The maximum absolute atomic E-state index is 5.09. The van der Waals surface area contributed by atoms with Gasteiger partial charge in [0.2, 0.25) is 0 Å². The van der Waals surface area contributed by atoms with E-state index in [4.69, 9.17) is 11.6 Å². The van der Waals surface area contributed by atoms with Crippen LogP contribution in [0.3, 0.4) is 0 Å². The van der Waals surface area contributed by atoms with Crippen LogP contribution in [0.5, 0.6) is 0 Å². The molecule has 12 aromatic rings. The van der Waals surface area contributed by atoms with E-state index in [0.717, 1.165) is 66.6 Å². The predicted octanol–water partition coefficient (Wildman–Crippen LogP) is 14.9. The van der Waals surface area contributed by atoms with Gasteiger partial charge < -0.3 is 4.57 Å². The summed E-state index contributed by atoms with van der Waals surface area (Å²) in [5, 5.41) is 14.3. The number of pyridine rings is 2. The zero-order chi connectivity index (χ0) is 45.1. The Hall–Kier alpha value is -8.92. The van der Waals surface area contributed by atoms with Gasteiger partial charge in [-0.15, -0.1) is 0 Å². The van der Waals surface area contributed by atoms with Gasteiger partial charge in [0.05, 0.1) is 22.4 Å². The van der Waals surface area contributed by atoms with E-state index in [2.05, 4.69) is 222 Å². The molecule has 0 bridgehead atoms. The zero-order valence-electron chi connectivity index (χ0n) is 37.3. The molecule has 0 N–H and O–H groups in total. The summed E-state index contributed by atoms with van der Waals surface area (Å²) in [5.74, 6) is 0. The van der Waals surface area contributed by atoms with Crippen LogP contribution in [0, 0.1) is 0 Å². The highest BCUT2D eigenvalue weighted by Gasteiger charge is 2.21. The van der Waals surface area contributed by atoms with Crippen molar-refractivity contribution >= 4 is 81.6 Å². The van der Waals surface area contributed by atoms with E-state index in [1.807, 2.05) is 24.7 Å². The van der Waals surface area contributed by atoms with Crippen molar-refractivity contribution in [1.82, 2.24) is 14.5 Å². The van der Waals surface area contributed by atoms with E-state index in [9.17, 15) is 0 Å². The number of hydrogen-bond acceptors (Lipinski definition) is 2. The molecule has 0 radical (unpaired) electrons. The summed E-state index contributed by atoms with van der Waals surface area (Å²) in [7, 11) is 0. The highest BCUT2D eigenvalue weighted by Crippen LogP contribution is 2.42. The Bertz CT molecular complexity index is 4240. The molecule has 1 aliphatic carbocycles. The van der Waals surface area contributed by atoms with Crippen molar-refractivity contribution < 1.29 is 0 Å². The van der Waals surface area contributed by atoms with Crippen LogP contribution in [0.4, 0.5) is 0 Å². The van der Waals surface area contributed by atoms with Gasteiger partial charge in [0.15, 0.2) is 0 Å². The van der Waals surface area contributed by atoms with Crippen molar-refractivity contribution in [3.8, 4) is 16.9 Å². The number of nitrogens with zero attached hydrogens (tertiary/aromatic N) is 3. The summed E-state index contributed by atoms with van der Waals surface area (Å²) in [4.78, 5) is 9.64. The molecule has 0 unspecified atom stereocenters. The van der Waals surface area contributed by atoms with Gasteiger partial charge in [-0.2, -0.15) is 0 Å². The fourth-order valence-electron chi connectivity index (χ4n) is 10.7. The predicted molar refractivity (Wildman–Crippen MR) is 286 cm³/mol. The van der Waals surface area contributed by atoms with Gasteiger partial charge in [-0.3, -0.25) is 9.97 Å². The maximum atomic E-state index is 5.09. The average Bonchev–Trinajstić information content (AvgIpc) is 3.73. The first kappa shape index (κ1) is 39.4. The van der Waals surface area contributed by atoms with E-state index in [-0.39, 0.29) is 0 Å². The lowest BCUT2D eigenvalue weighted by atomic mass is 9.88. The average molecular weight is 866 g/mol. The van der Waals surface area contributed by atoms with Crippen molar-refractivity contribution in [2.45, 2.75) is 6.42 Å². The lowest BCUT2D eigenvalue weighted by Crippen LogP contribution is -2.30. The molecule has 3 nitrogen and oxygen atoms in total. The Morgan fingerprint density at radius 3 is 1.88 bits per heavy atom. The van der Waals surface area contributed by atoms with Crippen LogP contribution < -0.4 is 10.4 Å². The molecular weight excluding hydrogens is 823 g/mol. The SMILES string of the molecule is C=C1/C=C\C(c2ccc3c(c2)c2c(-c4cccnc4)nccc2n3-c2cc3ccccc3c3ccccc23)=C/C/C(c2ccc3ccccc3c2)=c2/cccc/c2=C/1c1ccc2ccccc2c1. The quantitative estimate of drug-likeness (QED) is 0.161. The van der Waals surface area contributed by atoms with Crippen LogP contribution in [0.2, 0.25) is 0 Å².